The van der Waals surface area contributed by atoms with Gasteiger partial charge in [-0.1, -0.05) is 35.9 Å². The second-order valence-corrected chi connectivity index (χ2v) is 12.8. The number of methoxy groups -OCH3 is 1. The molecule has 2 saturated carbocycles. The first-order valence-corrected chi connectivity index (χ1v) is 15.2. The lowest BCUT2D eigenvalue weighted by molar-refractivity contribution is -0.161. The summed E-state index contributed by atoms with van der Waals surface area (Å²) in [6, 6.07) is 16.6. The van der Waals surface area contributed by atoms with E-state index in [0.717, 1.165) is 52.5 Å². The van der Waals surface area contributed by atoms with Crippen LogP contribution in [0.2, 0.25) is 5.15 Å². The smallest absolute Gasteiger partial charge is 0.223 e. The molecule has 8 rings (SSSR count). The monoisotopic (exact) mass is 596 g/mol. The van der Waals surface area contributed by atoms with Crippen LogP contribution in [0.15, 0.2) is 67.3 Å². The molecule has 9 nitrogen and oxygen atoms in total. The van der Waals surface area contributed by atoms with Gasteiger partial charge in [-0.15, -0.1) is 0 Å². The number of rotatable bonds is 8. The number of hydrogen-bond acceptors (Lipinski definition) is 8. The van der Waals surface area contributed by atoms with Gasteiger partial charge >= 0.3 is 0 Å². The van der Waals surface area contributed by atoms with Crippen molar-refractivity contribution < 1.29 is 14.2 Å². The Balaban J connectivity index is 1.02. The standard InChI is InChI=1S/C33H33ClN6O3/c1-32(2)42-27-26(40-13-11-23-29(34)37-18-38-30(23)40)24-15-33(24,28(27)43-32)12-10-19-4-7-21-17-36-31(39-25(21)14-19)35-16-20-5-8-22(41-3)9-6-20/h4-9,11,13-14,17-18,24,26-28H,10,12,15-16H2,1-3H3,(H,35,36,39)/t24-,26-,27+,28+,33?/m1/s1. The molecule has 1 aliphatic heterocycles. The summed E-state index contributed by atoms with van der Waals surface area (Å²) < 4.78 is 20.7. The highest BCUT2D eigenvalue weighted by atomic mass is 35.5. The van der Waals surface area contributed by atoms with Gasteiger partial charge < -0.3 is 24.1 Å². The van der Waals surface area contributed by atoms with Gasteiger partial charge in [0.25, 0.3) is 0 Å². The van der Waals surface area contributed by atoms with Crippen molar-refractivity contribution in [3.8, 4) is 5.75 Å². The van der Waals surface area contributed by atoms with Gasteiger partial charge in [0.2, 0.25) is 5.95 Å². The molecule has 0 bridgehead atoms. The molecular formula is C33H33ClN6O3. The van der Waals surface area contributed by atoms with Crippen LogP contribution in [0.25, 0.3) is 21.9 Å². The van der Waals surface area contributed by atoms with Crippen LogP contribution in [0.5, 0.6) is 5.75 Å². The van der Waals surface area contributed by atoms with E-state index < -0.39 is 5.79 Å². The SMILES string of the molecule is COc1ccc(CNc2ncc3ccc(CCC45C[C@@H]4[C@@H](n4ccc6c(Cl)ncnc64)[C@@H]4OC(C)(C)O[C@@H]45)cc3n2)cc1. The minimum absolute atomic E-state index is 0.0313. The third-order valence-corrected chi connectivity index (χ3v) is 9.84. The Hall–Kier alpha value is -3.79. The molecule has 3 aliphatic rings. The van der Waals surface area contributed by atoms with E-state index in [9.17, 15) is 0 Å². The first-order chi connectivity index (χ1) is 20.8. The highest BCUT2D eigenvalue weighted by Gasteiger charge is 2.75. The Morgan fingerprint density at radius 1 is 1.05 bits per heavy atom. The number of anilines is 1. The van der Waals surface area contributed by atoms with E-state index in [1.165, 1.54) is 11.9 Å². The number of ether oxygens (including phenoxy) is 3. The molecule has 0 spiro atoms. The van der Waals surface area contributed by atoms with Crippen LogP contribution in [0.1, 0.15) is 43.9 Å². The van der Waals surface area contributed by atoms with E-state index >= 15 is 0 Å². The number of aryl methyl sites for hydroxylation is 1. The average Bonchev–Trinajstić information content (AvgIpc) is 3.26. The molecule has 2 aromatic carbocycles. The predicted octanol–water partition coefficient (Wildman–Crippen LogP) is 6.36. The number of benzene rings is 2. The highest BCUT2D eigenvalue weighted by molar-refractivity contribution is 6.33. The molecular weight excluding hydrogens is 564 g/mol. The van der Waals surface area contributed by atoms with Crippen LogP contribution in [0.3, 0.4) is 0 Å². The summed E-state index contributed by atoms with van der Waals surface area (Å²) in [6.45, 7) is 4.67. The van der Waals surface area contributed by atoms with Gasteiger partial charge in [0.15, 0.2) is 5.79 Å². The first kappa shape index (κ1) is 26.8. The second-order valence-electron chi connectivity index (χ2n) is 12.5. The minimum Gasteiger partial charge on any atom is -0.497 e. The second kappa shape index (κ2) is 9.87. The Bertz CT molecular complexity index is 1840. The van der Waals surface area contributed by atoms with Gasteiger partial charge in [0.1, 0.15) is 29.0 Å². The maximum absolute atomic E-state index is 6.61. The number of nitrogens with one attached hydrogen (secondary N) is 1. The molecule has 10 heteroatoms. The van der Waals surface area contributed by atoms with E-state index in [4.69, 9.17) is 30.8 Å². The van der Waals surface area contributed by atoms with Crippen LogP contribution in [-0.4, -0.2) is 49.6 Å². The summed E-state index contributed by atoms with van der Waals surface area (Å²) in [5, 5.41) is 5.72. The summed E-state index contributed by atoms with van der Waals surface area (Å²) in [5.41, 5.74) is 4.24. The van der Waals surface area contributed by atoms with Gasteiger partial charge in [-0.05, 0) is 74.4 Å². The molecule has 3 aromatic heterocycles. The van der Waals surface area contributed by atoms with Crippen molar-refractivity contribution >= 4 is 39.5 Å². The molecule has 1 N–H and O–H groups in total. The Morgan fingerprint density at radius 3 is 2.72 bits per heavy atom. The predicted molar refractivity (Wildman–Crippen MR) is 164 cm³/mol. The molecule has 5 atom stereocenters. The lowest BCUT2D eigenvalue weighted by Gasteiger charge is -2.24. The fourth-order valence-electron chi connectivity index (χ4n) is 7.42. The van der Waals surface area contributed by atoms with Crippen LogP contribution in [0, 0.1) is 11.3 Å². The quantitative estimate of drug-likeness (QED) is 0.207. The average molecular weight is 597 g/mol. The maximum Gasteiger partial charge on any atom is 0.223 e. The minimum atomic E-state index is -0.626. The summed E-state index contributed by atoms with van der Waals surface area (Å²) in [5.74, 6) is 1.27. The lowest BCUT2D eigenvalue weighted by Crippen LogP contribution is -2.32. The Morgan fingerprint density at radius 2 is 1.88 bits per heavy atom. The normalized spacial score (nSPS) is 26.9. The van der Waals surface area contributed by atoms with Gasteiger partial charge in [-0.3, -0.25) is 0 Å². The molecule has 1 saturated heterocycles. The molecule has 0 amide bonds. The topological polar surface area (TPSA) is 96.2 Å². The fraction of sp³-hybridized carbons (Fsp3) is 0.394. The molecule has 0 radical (unpaired) electrons. The molecule has 43 heavy (non-hydrogen) atoms. The van der Waals surface area contributed by atoms with E-state index in [-0.39, 0.29) is 23.7 Å². The van der Waals surface area contributed by atoms with E-state index in [2.05, 4.69) is 49.2 Å². The van der Waals surface area contributed by atoms with E-state index in [1.54, 1.807) is 7.11 Å². The highest BCUT2D eigenvalue weighted by Crippen LogP contribution is 2.73. The summed E-state index contributed by atoms with van der Waals surface area (Å²) in [7, 11) is 1.67. The van der Waals surface area contributed by atoms with Crippen LogP contribution < -0.4 is 10.1 Å². The van der Waals surface area contributed by atoms with Crippen LogP contribution in [0.4, 0.5) is 5.95 Å². The maximum atomic E-state index is 6.61. The third kappa shape index (κ3) is 4.53. The number of hydrogen-bond donors (Lipinski definition) is 1. The van der Waals surface area contributed by atoms with Crippen molar-refractivity contribution in [2.75, 3.05) is 12.4 Å². The van der Waals surface area contributed by atoms with Crippen molar-refractivity contribution in [1.29, 1.82) is 0 Å². The van der Waals surface area contributed by atoms with Gasteiger partial charge in [0, 0.05) is 29.7 Å². The molecule has 220 valence electrons. The van der Waals surface area contributed by atoms with E-state index in [1.807, 2.05) is 50.4 Å². The zero-order valence-corrected chi connectivity index (χ0v) is 25.1. The Labute approximate surface area is 254 Å². The van der Waals surface area contributed by atoms with Crippen molar-refractivity contribution in [3.63, 3.8) is 0 Å². The van der Waals surface area contributed by atoms with Crippen molar-refractivity contribution in [3.05, 3.63) is 83.5 Å². The first-order valence-electron chi connectivity index (χ1n) is 14.8. The van der Waals surface area contributed by atoms with Gasteiger partial charge in [-0.2, -0.15) is 0 Å². The fourth-order valence-corrected chi connectivity index (χ4v) is 7.62. The summed E-state index contributed by atoms with van der Waals surface area (Å²) in [4.78, 5) is 18.1. The molecule has 2 aliphatic carbocycles. The van der Waals surface area contributed by atoms with Crippen LogP contribution in [-0.2, 0) is 22.4 Å². The molecule has 5 aromatic rings. The zero-order valence-electron chi connectivity index (χ0n) is 24.3. The zero-order chi connectivity index (χ0) is 29.3. The largest absolute Gasteiger partial charge is 0.497 e. The third-order valence-electron chi connectivity index (χ3n) is 9.54. The molecule has 3 fully saturated rings. The molecule has 1 unspecified atom stereocenters. The lowest BCUT2D eigenvalue weighted by atomic mass is 9.91. The van der Waals surface area contributed by atoms with Crippen molar-refractivity contribution in [2.24, 2.45) is 11.3 Å². The summed E-state index contributed by atoms with van der Waals surface area (Å²) >= 11 is 6.39. The van der Waals surface area contributed by atoms with Gasteiger partial charge in [0.05, 0.1) is 30.2 Å². The number of nitrogens with zero attached hydrogens (tertiary/aromatic N) is 5. The number of halogens is 1. The molecule has 4 heterocycles. The van der Waals surface area contributed by atoms with Crippen LogP contribution >= 0.6 is 11.6 Å². The van der Waals surface area contributed by atoms with Gasteiger partial charge in [-0.25, -0.2) is 19.9 Å². The van der Waals surface area contributed by atoms with Crippen molar-refractivity contribution in [1.82, 2.24) is 24.5 Å². The van der Waals surface area contributed by atoms with Crippen molar-refractivity contribution in [2.45, 2.75) is 63.7 Å². The number of aromatic nitrogens is 5. The Kier molecular flexibility index (Phi) is 6.15. The number of fused-ring (bicyclic) bond motifs is 5. The van der Waals surface area contributed by atoms with E-state index in [0.29, 0.717) is 23.6 Å². The summed E-state index contributed by atoms with van der Waals surface area (Å²) in [6.07, 6.45) is 8.55.